The largest absolute Gasteiger partial charge is 0.481 e. The van der Waals surface area contributed by atoms with Crippen LogP contribution in [0, 0.1) is 11.8 Å². The summed E-state index contributed by atoms with van der Waals surface area (Å²) in [7, 11) is 17.1. The van der Waals surface area contributed by atoms with Crippen LogP contribution in [0.5, 0.6) is 0 Å². The lowest BCUT2D eigenvalue weighted by molar-refractivity contribution is -0.158. The third-order valence-electron chi connectivity index (χ3n) is 8.75. The number of aliphatic carboxylic acids is 1. The second kappa shape index (κ2) is 6.98. The van der Waals surface area contributed by atoms with Crippen LogP contribution < -0.4 is 0 Å². The number of carboxylic acid groups (broad SMARTS) is 1. The van der Waals surface area contributed by atoms with Gasteiger partial charge in [-0.05, 0) is 12.2 Å². The molecule has 0 fully saturated rings. The third kappa shape index (κ3) is 2.86. The Labute approximate surface area is 165 Å². The second-order valence-corrected chi connectivity index (χ2v) is 9.68. The quantitative estimate of drug-likeness (QED) is 0.398. The van der Waals surface area contributed by atoms with Gasteiger partial charge >= 0.3 is 11.9 Å². The molecule has 0 spiro atoms. The van der Waals surface area contributed by atoms with Crippen molar-refractivity contribution in [2.24, 2.45) is 11.8 Å². The van der Waals surface area contributed by atoms with E-state index in [1.807, 2.05) is 15.7 Å². The highest BCUT2D eigenvalue weighted by atomic mass is 16.5. The molecule has 0 amide bonds. The van der Waals surface area contributed by atoms with Gasteiger partial charge in [0, 0.05) is 0 Å². The van der Waals surface area contributed by atoms with Crippen molar-refractivity contribution in [2.45, 2.75) is 41.8 Å². The minimum absolute atomic E-state index is 0.0870. The molecule has 0 aromatic carbocycles. The molecule has 0 aromatic rings. The standard InChI is InChI=1S/C14H30B8O4/c1-4-26-10(25)5(2)6(9(23)24)12(18)8(16)7(15)11(3,17)13(19,20)14(12,21)22/h5-6H,4,15-22H2,1-3H3,(H,23,24)/t5-,6-,11?,12?/m0/s1. The van der Waals surface area contributed by atoms with Crippen molar-refractivity contribution >= 4 is 74.7 Å². The van der Waals surface area contributed by atoms with Crippen LogP contribution in [-0.2, 0) is 14.3 Å². The van der Waals surface area contributed by atoms with Crippen LogP contribution >= 0.6 is 0 Å². The summed E-state index contributed by atoms with van der Waals surface area (Å²) >= 11 is 0. The number of hydrogen-bond acceptors (Lipinski definition) is 3. The minimum atomic E-state index is -0.941. The van der Waals surface area contributed by atoms with Crippen LogP contribution in [0.25, 0.3) is 0 Å². The zero-order valence-electron chi connectivity index (χ0n) is 18.5. The highest BCUT2D eigenvalue weighted by Gasteiger charge is 2.64. The van der Waals surface area contributed by atoms with Crippen LogP contribution in [-0.4, -0.2) is 86.4 Å². The maximum atomic E-state index is 12.5. The first-order valence-electron chi connectivity index (χ1n) is 9.61. The van der Waals surface area contributed by atoms with Gasteiger partial charge in [0.1, 0.15) is 31.4 Å². The first kappa shape index (κ1) is 23.2. The summed E-state index contributed by atoms with van der Waals surface area (Å²) < 4.78 is 5.18. The van der Waals surface area contributed by atoms with Crippen molar-refractivity contribution in [2.75, 3.05) is 6.61 Å². The maximum Gasteiger partial charge on any atom is 0.309 e. The number of carbonyl (C=O) groups is 2. The average molecular weight is 349 g/mol. The SMILES string of the molecule is BC1=C(B)C(B)([C@H](C(=O)O)[C@H](C)C(=O)OCC)C(B)(B)C(B)(B)C1(B)C. The van der Waals surface area contributed by atoms with Crippen molar-refractivity contribution in [3.05, 3.63) is 10.9 Å². The van der Waals surface area contributed by atoms with Gasteiger partial charge in [0.05, 0.1) is 49.8 Å². The van der Waals surface area contributed by atoms with Crippen molar-refractivity contribution < 1.29 is 19.4 Å². The normalized spacial score (nSPS) is 32.4. The Morgan fingerprint density at radius 2 is 1.50 bits per heavy atom. The second-order valence-electron chi connectivity index (χ2n) is 9.68. The number of carboxylic acids is 1. The molecular weight excluding hydrogens is 319 g/mol. The van der Waals surface area contributed by atoms with Crippen LogP contribution in [0.2, 0.25) is 21.1 Å². The number of allylic oxidation sites excluding steroid dienone is 2. The van der Waals surface area contributed by atoms with Gasteiger partial charge in [-0.1, -0.05) is 29.6 Å². The Balaban J connectivity index is 3.80. The number of carbonyl (C=O) groups excluding carboxylic acids is 1. The third-order valence-corrected chi connectivity index (χ3v) is 8.75. The number of esters is 1. The zero-order chi connectivity index (χ0) is 20.9. The summed E-state index contributed by atoms with van der Waals surface area (Å²) in [5.41, 5.74) is 2.29. The van der Waals surface area contributed by atoms with E-state index in [1.165, 1.54) is 5.47 Å². The van der Waals surface area contributed by atoms with Crippen LogP contribution in [0.3, 0.4) is 0 Å². The highest BCUT2D eigenvalue weighted by molar-refractivity contribution is 6.63. The van der Waals surface area contributed by atoms with Gasteiger partial charge in [-0.25, -0.2) is 0 Å². The Morgan fingerprint density at radius 1 is 1.04 bits per heavy atom. The molecule has 2 unspecified atom stereocenters. The van der Waals surface area contributed by atoms with E-state index in [-0.39, 0.29) is 22.3 Å². The van der Waals surface area contributed by atoms with E-state index in [1.54, 1.807) is 13.8 Å². The summed E-state index contributed by atoms with van der Waals surface area (Å²) in [5, 5.41) is 8.87. The summed E-state index contributed by atoms with van der Waals surface area (Å²) in [6.07, 6.45) is 0. The Morgan fingerprint density at radius 3 is 1.88 bits per heavy atom. The summed E-state index contributed by atoms with van der Waals surface area (Å²) in [5.74, 6) is -2.97. The van der Waals surface area contributed by atoms with Crippen molar-refractivity contribution in [1.29, 1.82) is 0 Å². The molecular formula is C14H30B8O4. The lowest BCUT2D eigenvalue weighted by Crippen LogP contribution is -2.58. The Bertz CT molecular complexity index is 645. The van der Waals surface area contributed by atoms with Gasteiger partial charge in [-0.3, -0.25) is 9.59 Å². The highest BCUT2D eigenvalue weighted by Crippen LogP contribution is 2.76. The molecule has 26 heavy (non-hydrogen) atoms. The Hall–Kier alpha value is -0.801. The number of ether oxygens (including phenoxy) is 1. The molecule has 0 saturated heterocycles. The molecule has 0 aliphatic heterocycles. The molecule has 1 aliphatic rings. The van der Waals surface area contributed by atoms with E-state index in [9.17, 15) is 14.7 Å². The molecule has 12 heteroatoms. The maximum absolute atomic E-state index is 12.5. The van der Waals surface area contributed by atoms with Gasteiger partial charge in [-0.15, -0.1) is 10.9 Å². The van der Waals surface area contributed by atoms with E-state index in [0.29, 0.717) is 0 Å². The van der Waals surface area contributed by atoms with Crippen molar-refractivity contribution in [1.82, 2.24) is 0 Å². The lowest BCUT2D eigenvalue weighted by Gasteiger charge is -2.68. The van der Waals surface area contributed by atoms with Gasteiger partial charge in [0.2, 0.25) is 0 Å². The van der Waals surface area contributed by atoms with Crippen LogP contribution in [0.15, 0.2) is 10.9 Å². The number of rotatable bonds is 5. The molecule has 134 valence electrons. The molecule has 1 rings (SSSR count). The predicted octanol–water partition coefficient (Wildman–Crippen LogP) is -5.25. The van der Waals surface area contributed by atoms with Gasteiger partial charge in [0.25, 0.3) is 0 Å². The molecule has 0 heterocycles. The van der Waals surface area contributed by atoms with E-state index in [2.05, 4.69) is 54.0 Å². The molecule has 1 N–H and O–H groups in total. The van der Waals surface area contributed by atoms with E-state index in [0.717, 1.165) is 5.47 Å². The predicted molar refractivity (Wildman–Crippen MR) is 129 cm³/mol. The molecule has 4 atom stereocenters. The van der Waals surface area contributed by atoms with Crippen molar-refractivity contribution in [3.63, 3.8) is 0 Å². The molecule has 0 saturated carbocycles. The topological polar surface area (TPSA) is 63.6 Å². The van der Waals surface area contributed by atoms with Gasteiger partial charge < -0.3 is 9.84 Å². The molecule has 0 aromatic heterocycles. The van der Waals surface area contributed by atoms with E-state index < -0.39 is 29.1 Å². The fourth-order valence-corrected chi connectivity index (χ4v) is 5.22. The average Bonchev–Trinajstić information content (AvgIpc) is 2.51. The first-order valence-corrected chi connectivity index (χ1v) is 9.61. The first-order chi connectivity index (χ1) is 11.5. The van der Waals surface area contributed by atoms with Crippen LogP contribution in [0.1, 0.15) is 20.8 Å². The fourth-order valence-electron chi connectivity index (χ4n) is 5.22. The minimum Gasteiger partial charge on any atom is -0.481 e. The van der Waals surface area contributed by atoms with Gasteiger partial charge in [-0.2, -0.15) is 0 Å². The van der Waals surface area contributed by atoms with Crippen molar-refractivity contribution in [3.8, 4) is 0 Å². The summed E-state index contributed by atoms with van der Waals surface area (Å²) in [6.45, 7) is 5.92. The van der Waals surface area contributed by atoms with Gasteiger partial charge in [0.15, 0.2) is 0 Å². The molecule has 4 nitrogen and oxygen atoms in total. The van der Waals surface area contributed by atoms with E-state index >= 15 is 0 Å². The summed E-state index contributed by atoms with van der Waals surface area (Å²) in [6, 6.07) is 0. The summed E-state index contributed by atoms with van der Waals surface area (Å²) in [4.78, 5) is 24.9. The Kier molecular flexibility index (Phi) is 6.24. The van der Waals surface area contributed by atoms with Crippen LogP contribution in [0.4, 0.5) is 0 Å². The van der Waals surface area contributed by atoms with E-state index in [4.69, 9.17) is 4.74 Å². The number of hydrogen-bond donors (Lipinski definition) is 1. The molecule has 0 bridgehead atoms. The lowest BCUT2D eigenvalue weighted by atomic mass is 9.09. The monoisotopic (exact) mass is 350 g/mol. The molecule has 1 aliphatic carbocycles. The molecule has 0 radical (unpaired) electrons. The smallest absolute Gasteiger partial charge is 0.309 e. The zero-order valence-corrected chi connectivity index (χ0v) is 18.5. The fraction of sp³-hybridized carbons (Fsp3) is 0.714.